The van der Waals surface area contributed by atoms with Crippen molar-refractivity contribution in [3.63, 3.8) is 0 Å². The highest BCUT2D eigenvalue weighted by Crippen LogP contribution is 2.01. The molecule has 0 aliphatic rings. The molecule has 0 aliphatic heterocycles. The number of hydrogen-bond donors (Lipinski definition) is 1. The summed E-state index contributed by atoms with van der Waals surface area (Å²) in [4.78, 5) is 11.6. The van der Waals surface area contributed by atoms with Crippen LogP contribution in [-0.2, 0) is 14.3 Å². The van der Waals surface area contributed by atoms with E-state index in [1.165, 1.54) is 0 Å². The molecular formula is C13H27NO3. The van der Waals surface area contributed by atoms with Gasteiger partial charge in [-0.1, -0.05) is 13.3 Å². The summed E-state index contributed by atoms with van der Waals surface area (Å²) < 4.78 is 10.0. The van der Waals surface area contributed by atoms with E-state index in [2.05, 4.69) is 12.2 Å². The lowest BCUT2D eigenvalue weighted by Crippen LogP contribution is -2.38. The van der Waals surface area contributed by atoms with E-state index in [1.807, 2.05) is 6.92 Å². The maximum Gasteiger partial charge on any atom is 0.323 e. The van der Waals surface area contributed by atoms with Crippen molar-refractivity contribution in [1.82, 2.24) is 5.32 Å². The second-order valence-electron chi connectivity index (χ2n) is 4.10. The SMILES string of the molecule is CCCC(NCCCCCOC)C(=O)OCC. The number of ether oxygens (including phenoxy) is 2. The summed E-state index contributed by atoms with van der Waals surface area (Å²) in [6, 6.07) is -0.137. The largest absolute Gasteiger partial charge is 0.465 e. The maximum atomic E-state index is 11.6. The molecule has 4 heteroatoms. The molecular weight excluding hydrogens is 218 g/mol. The predicted molar refractivity (Wildman–Crippen MR) is 69.1 cm³/mol. The third-order valence-corrected chi connectivity index (χ3v) is 2.56. The highest BCUT2D eigenvalue weighted by atomic mass is 16.5. The molecule has 0 radical (unpaired) electrons. The van der Waals surface area contributed by atoms with E-state index in [4.69, 9.17) is 9.47 Å². The van der Waals surface area contributed by atoms with E-state index in [1.54, 1.807) is 7.11 Å². The van der Waals surface area contributed by atoms with E-state index < -0.39 is 0 Å². The van der Waals surface area contributed by atoms with Crippen LogP contribution in [0.4, 0.5) is 0 Å². The lowest BCUT2D eigenvalue weighted by atomic mass is 10.1. The Hall–Kier alpha value is -0.610. The Kier molecular flexibility index (Phi) is 11.4. The lowest BCUT2D eigenvalue weighted by molar-refractivity contribution is -0.145. The van der Waals surface area contributed by atoms with Gasteiger partial charge in [0, 0.05) is 13.7 Å². The molecule has 0 bridgehead atoms. The van der Waals surface area contributed by atoms with Gasteiger partial charge < -0.3 is 14.8 Å². The number of nitrogens with one attached hydrogen (secondary N) is 1. The molecule has 0 aromatic heterocycles. The number of carbonyl (C=O) groups excluding carboxylic acids is 1. The number of methoxy groups -OCH3 is 1. The minimum Gasteiger partial charge on any atom is -0.465 e. The normalized spacial score (nSPS) is 12.4. The molecule has 0 spiro atoms. The van der Waals surface area contributed by atoms with Crippen LogP contribution in [-0.4, -0.2) is 38.9 Å². The van der Waals surface area contributed by atoms with Gasteiger partial charge in [0.15, 0.2) is 0 Å². The summed E-state index contributed by atoms with van der Waals surface area (Å²) in [5.41, 5.74) is 0. The van der Waals surface area contributed by atoms with Gasteiger partial charge >= 0.3 is 5.97 Å². The zero-order valence-electron chi connectivity index (χ0n) is 11.5. The topological polar surface area (TPSA) is 47.6 Å². The smallest absolute Gasteiger partial charge is 0.323 e. The molecule has 0 fully saturated rings. The van der Waals surface area contributed by atoms with Gasteiger partial charge in [-0.05, 0) is 39.2 Å². The number of hydrogen-bond acceptors (Lipinski definition) is 4. The predicted octanol–water partition coefficient (Wildman–Crippen LogP) is 2.12. The van der Waals surface area contributed by atoms with Gasteiger partial charge in [0.2, 0.25) is 0 Å². The van der Waals surface area contributed by atoms with E-state index in [9.17, 15) is 4.79 Å². The molecule has 0 saturated heterocycles. The zero-order chi connectivity index (χ0) is 12.9. The van der Waals surface area contributed by atoms with Gasteiger partial charge in [-0.2, -0.15) is 0 Å². The number of carbonyl (C=O) groups is 1. The Bertz CT molecular complexity index is 186. The minimum absolute atomic E-state index is 0.119. The van der Waals surface area contributed by atoms with Crippen LogP contribution < -0.4 is 5.32 Å². The van der Waals surface area contributed by atoms with Crippen LogP contribution in [0.2, 0.25) is 0 Å². The molecule has 1 unspecified atom stereocenters. The summed E-state index contributed by atoms with van der Waals surface area (Å²) in [6.45, 7) is 6.05. The van der Waals surface area contributed by atoms with Crippen molar-refractivity contribution in [2.75, 3.05) is 26.9 Å². The third-order valence-electron chi connectivity index (χ3n) is 2.56. The molecule has 0 aromatic rings. The first-order valence-electron chi connectivity index (χ1n) is 6.65. The van der Waals surface area contributed by atoms with Crippen LogP contribution in [0.15, 0.2) is 0 Å². The van der Waals surface area contributed by atoms with Crippen molar-refractivity contribution >= 4 is 5.97 Å². The number of rotatable bonds is 11. The maximum absolute atomic E-state index is 11.6. The summed E-state index contributed by atoms with van der Waals surface area (Å²) in [5.74, 6) is -0.119. The van der Waals surface area contributed by atoms with Gasteiger partial charge in [0.25, 0.3) is 0 Å². The fraction of sp³-hybridized carbons (Fsp3) is 0.923. The molecule has 102 valence electrons. The highest BCUT2D eigenvalue weighted by Gasteiger charge is 2.17. The molecule has 1 N–H and O–H groups in total. The summed E-state index contributed by atoms with van der Waals surface area (Å²) in [5, 5.41) is 3.27. The van der Waals surface area contributed by atoms with Crippen LogP contribution in [0.5, 0.6) is 0 Å². The Balaban J connectivity index is 3.65. The fourth-order valence-electron chi connectivity index (χ4n) is 1.66. The second-order valence-corrected chi connectivity index (χ2v) is 4.10. The van der Waals surface area contributed by atoms with Gasteiger partial charge in [-0.15, -0.1) is 0 Å². The highest BCUT2D eigenvalue weighted by molar-refractivity contribution is 5.75. The van der Waals surface area contributed by atoms with Crippen molar-refractivity contribution < 1.29 is 14.3 Å². The first-order valence-corrected chi connectivity index (χ1v) is 6.65. The quantitative estimate of drug-likeness (QED) is 0.447. The second kappa shape index (κ2) is 11.9. The first-order chi connectivity index (χ1) is 8.26. The molecule has 0 heterocycles. The monoisotopic (exact) mass is 245 g/mol. The number of unbranched alkanes of at least 4 members (excludes halogenated alkanes) is 2. The van der Waals surface area contributed by atoms with E-state index in [-0.39, 0.29) is 12.0 Å². The lowest BCUT2D eigenvalue weighted by Gasteiger charge is -2.16. The van der Waals surface area contributed by atoms with E-state index in [0.717, 1.165) is 45.3 Å². The van der Waals surface area contributed by atoms with Gasteiger partial charge in [-0.25, -0.2) is 0 Å². The van der Waals surface area contributed by atoms with Crippen molar-refractivity contribution in [3.8, 4) is 0 Å². The molecule has 17 heavy (non-hydrogen) atoms. The van der Waals surface area contributed by atoms with Crippen molar-refractivity contribution in [2.45, 2.75) is 52.0 Å². The van der Waals surface area contributed by atoms with Crippen LogP contribution in [0, 0.1) is 0 Å². The Morgan fingerprint density at radius 2 is 2.00 bits per heavy atom. The van der Waals surface area contributed by atoms with Crippen molar-refractivity contribution in [3.05, 3.63) is 0 Å². The van der Waals surface area contributed by atoms with Crippen LogP contribution in [0.25, 0.3) is 0 Å². The van der Waals surface area contributed by atoms with Crippen molar-refractivity contribution in [1.29, 1.82) is 0 Å². The summed E-state index contributed by atoms with van der Waals surface area (Å²) >= 11 is 0. The fourth-order valence-corrected chi connectivity index (χ4v) is 1.66. The summed E-state index contributed by atoms with van der Waals surface area (Å²) in [7, 11) is 1.72. The summed E-state index contributed by atoms with van der Waals surface area (Å²) in [6.07, 6.45) is 5.11. The average molecular weight is 245 g/mol. The standard InChI is InChI=1S/C13H27NO3/c1-4-9-12(13(15)17-5-2)14-10-7-6-8-11-16-3/h12,14H,4-11H2,1-3H3. The molecule has 0 aliphatic carbocycles. The van der Waals surface area contributed by atoms with Crippen LogP contribution in [0.1, 0.15) is 46.0 Å². The first kappa shape index (κ1) is 16.4. The van der Waals surface area contributed by atoms with E-state index >= 15 is 0 Å². The average Bonchev–Trinajstić information content (AvgIpc) is 2.32. The Morgan fingerprint density at radius 1 is 1.24 bits per heavy atom. The van der Waals surface area contributed by atoms with Gasteiger partial charge in [0.1, 0.15) is 6.04 Å². The molecule has 0 aromatic carbocycles. The zero-order valence-corrected chi connectivity index (χ0v) is 11.5. The molecule has 0 saturated carbocycles. The minimum atomic E-state index is -0.137. The molecule has 4 nitrogen and oxygen atoms in total. The third kappa shape index (κ3) is 9.12. The van der Waals surface area contributed by atoms with E-state index in [0.29, 0.717) is 6.61 Å². The van der Waals surface area contributed by atoms with Crippen LogP contribution >= 0.6 is 0 Å². The Labute approximate surface area is 105 Å². The Morgan fingerprint density at radius 3 is 2.59 bits per heavy atom. The van der Waals surface area contributed by atoms with Crippen molar-refractivity contribution in [2.24, 2.45) is 0 Å². The molecule has 0 amide bonds. The molecule has 1 atom stereocenters. The number of esters is 1. The van der Waals surface area contributed by atoms with Crippen LogP contribution in [0.3, 0.4) is 0 Å². The van der Waals surface area contributed by atoms with Gasteiger partial charge in [0.05, 0.1) is 6.61 Å². The molecule has 0 rings (SSSR count). The van der Waals surface area contributed by atoms with Gasteiger partial charge in [-0.3, -0.25) is 4.79 Å².